The summed E-state index contributed by atoms with van der Waals surface area (Å²) in [5.41, 5.74) is 2.77. The highest BCUT2D eigenvalue weighted by Crippen LogP contribution is 2.45. The maximum atomic E-state index is 13.6. The van der Waals surface area contributed by atoms with E-state index in [2.05, 4.69) is 30.1 Å². The van der Waals surface area contributed by atoms with Gasteiger partial charge in [0, 0.05) is 29.3 Å². The van der Waals surface area contributed by atoms with Crippen LogP contribution in [0.4, 0.5) is 24.7 Å². The van der Waals surface area contributed by atoms with Gasteiger partial charge in [-0.25, -0.2) is 27.6 Å². The summed E-state index contributed by atoms with van der Waals surface area (Å²) in [5, 5.41) is 15.8. The Kier molecular flexibility index (Phi) is 24.7. The van der Waals surface area contributed by atoms with Gasteiger partial charge in [-0.1, -0.05) is 22.9 Å². The fourth-order valence-electron chi connectivity index (χ4n) is 7.51. The van der Waals surface area contributed by atoms with Crippen molar-refractivity contribution in [1.29, 1.82) is 0 Å². The van der Waals surface area contributed by atoms with Crippen LogP contribution < -0.4 is 14.7 Å². The number of nitrogens with zero attached hydrogens (tertiary/aromatic N) is 9. The number of carbonyl (C=O) groups excluding carboxylic acids is 1. The highest BCUT2D eigenvalue weighted by atomic mass is 35.5. The second-order valence-electron chi connectivity index (χ2n) is 16.5. The highest BCUT2D eigenvalue weighted by Gasteiger charge is 2.33. The quantitative estimate of drug-likeness (QED) is 0.0150. The molecule has 0 bridgehead atoms. The van der Waals surface area contributed by atoms with Crippen LogP contribution in [-0.4, -0.2) is 173 Å². The largest absolute Gasteiger partial charge is 0.420 e. The van der Waals surface area contributed by atoms with Gasteiger partial charge in [-0.05, 0) is 36.6 Å². The molecule has 5 heterocycles. The van der Waals surface area contributed by atoms with Gasteiger partial charge in [0.15, 0.2) is 40.3 Å². The van der Waals surface area contributed by atoms with E-state index in [0.29, 0.717) is 125 Å². The van der Waals surface area contributed by atoms with E-state index in [1.54, 1.807) is 26.8 Å². The number of carbonyl (C=O) groups is 1. The maximum Gasteiger partial charge on any atom is 0.313 e. The number of hydroxylamine groups is 1. The first kappa shape index (κ1) is 59.6. The molecule has 24 nitrogen and oxygen atoms in total. The molecule has 0 aliphatic carbocycles. The van der Waals surface area contributed by atoms with E-state index in [9.17, 15) is 22.9 Å². The molecule has 31 heteroatoms. The molecule has 3 aromatic heterocycles. The molecule has 2 aromatic carbocycles. The van der Waals surface area contributed by atoms with E-state index in [1.807, 2.05) is 23.1 Å². The number of anilines is 2. The van der Waals surface area contributed by atoms with Gasteiger partial charge in [0.05, 0.1) is 154 Å². The second-order valence-corrected chi connectivity index (χ2v) is 20.1. The fraction of sp³-hybridized carbons (Fsp3) is 0.556. The van der Waals surface area contributed by atoms with Crippen LogP contribution in [0.25, 0.3) is 11.0 Å². The van der Waals surface area contributed by atoms with Crippen LogP contribution in [0.1, 0.15) is 36.7 Å². The molecule has 7 rings (SSSR count). The van der Waals surface area contributed by atoms with Crippen LogP contribution in [0.2, 0.25) is 10.3 Å². The van der Waals surface area contributed by atoms with Crippen molar-refractivity contribution in [2.45, 2.75) is 51.3 Å². The van der Waals surface area contributed by atoms with Gasteiger partial charge in [-0.2, -0.15) is 15.1 Å². The molecule has 76 heavy (non-hydrogen) atoms. The molecular formula is C45H58Cl2F3N9O15P2. The Morgan fingerprint density at radius 3 is 2.17 bits per heavy atom. The molecule has 1 fully saturated rings. The lowest BCUT2D eigenvalue weighted by Gasteiger charge is -2.38. The van der Waals surface area contributed by atoms with Crippen molar-refractivity contribution in [2.24, 2.45) is 0 Å². The van der Waals surface area contributed by atoms with Crippen LogP contribution in [0, 0.1) is 17.5 Å². The Morgan fingerprint density at radius 2 is 1.47 bits per heavy atom. The van der Waals surface area contributed by atoms with Crippen LogP contribution in [0.3, 0.4) is 0 Å². The molecule has 3 N–H and O–H groups in total. The predicted molar refractivity (Wildman–Crippen MR) is 267 cm³/mol. The van der Waals surface area contributed by atoms with Crippen molar-refractivity contribution in [3.8, 4) is 5.75 Å². The number of aromatic nitrogens is 7. The standard InChI is InChI=1S/C45H58Cl2F3N9O15P2/c46-36-2-1-3-39-35(36)26-56(43-34-24-51-59(44(34)53-45(47)52-43)40-5-4-33(73-40)28-72-76(63)30-75(61)62)29-58(39)71-21-20-69-17-16-68-18-19-70-27-32-25-57(55-54-32)7-9-65-11-13-67-15-14-66-12-10-64-8-6-41(60)74-42-37(49)22-31(48)23-38(42)50/h1-3,22-25,33,40,61-63H,4-21,26-30H2. The van der Waals surface area contributed by atoms with E-state index in [4.69, 9.17) is 80.2 Å². The Morgan fingerprint density at radius 1 is 0.816 bits per heavy atom. The first-order chi connectivity index (χ1) is 36.9. The van der Waals surface area contributed by atoms with E-state index in [-0.39, 0.29) is 76.6 Å². The van der Waals surface area contributed by atoms with Crippen molar-refractivity contribution in [2.75, 3.05) is 122 Å². The number of benzene rings is 2. The molecule has 0 spiro atoms. The van der Waals surface area contributed by atoms with Crippen LogP contribution in [0.5, 0.6) is 5.75 Å². The van der Waals surface area contributed by atoms with Crippen molar-refractivity contribution in [1.82, 2.24) is 34.7 Å². The van der Waals surface area contributed by atoms with Crippen LogP contribution >= 0.6 is 40.0 Å². The lowest BCUT2D eigenvalue weighted by molar-refractivity contribution is -0.136. The lowest BCUT2D eigenvalue weighted by Crippen LogP contribution is -2.43. The topological polar surface area (TPSA) is 260 Å². The van der Waals surface area contributed by atoms with E-state index >= 15 is 0 Å². The SMILES string of the molecule is O=C(CCOCCOCCOCCOCCn1cc(COCCOCCOCCON2CN(c3nc(Cl)nc4c3cnn4C3CCC(COP(O)CP(O)O)O3)Cc3c(Cl)cccc32)nn1)Oc1c(F)cc(F)cc1F. The maximum absolute atomic E-state index is 13.6. The molecule has 2 aliphatic heterocycles. The summed E-state index contributed by atoms with van der Waals surface area (Å²) in [6.07, 6.45) is 3.60. The minimum Gasteiger partial charge on any atom is -0.420 e. The van der Waals surface area contributed by atoms with Gasteiger partial charge in [0.1, 0.15) is 24.0 Å². The molecule has 418 valence electrons. The summed E-state index contributed by atoms with van der Waals surface area (Å²) in [6.45, 7) is 5.57. The Balaban J connectivity index is 0.693. The number of halogens is 5. The Hall–Kier alpha value is -4.09. The Labute approximate surface area is 446 Å². The minimum absolute atomic E-state index is 0.0144. The van der Waals surface area contributed by atoms with E-state index in [0.717, 1.165) is 11.3 Å². The van der Waals surface area contributed by atoms with E-state index < -0.39 is 52.1 Å². The van der Waals surface area contributed by atoms with Gasteiger partial charge in [-0.3, -0.25) is 9.63 Å². The van der Waals surface area contributed by atoms with Crippen molar-refractivity contribution < 1.29 is 84.6 Å². The van der Waals surface area contributed by atoms with Gasteiger partial charge < -0.3 is 66.7 Å². The summed E-state index contributed by atoms with van der Waals surface area (Å²) >= 11 is 13.2. The third-order valence-electron chi connectivity index (χ3n) is 11.0. The molecule has 0 amide bonds. The van der Waals surface area contributed by atoms with Gasteiger partial charge in [0.25, 0.3) is 0 Å². The molecule has 3 unspecified atom stereocenters. The monoisotopic (exact) mass is 1150 g/mol. The average molecular weight is 1150 g/mol. The molecule has 3 atom stereocenters. The summed E-state index contributed by atoms with van der Waals surface area (Å²) < 4.78 is 98.5. The zero-order valence-electron chi connectivity index (χ0n) is 41.0. The Bertz CT molecular complexity index is 2560. The zero-order valence-corrected chi connectivity index (χ0v) is 44.3. The predicted octanol–water partition coefficient (Wildman–Crippen LogP) is 5.42. The minimum atomic E-state index is -2.26. The number of fused-ring (bicyclic) bond motifs is 2. The van der Waals surface area contributed by atoms with Crippen molar-refractivity contribution in [3.05, 3.63) is 81.7 Å². The van der Waals surface area contributed by atoms with Gasteiger partial charge >= 0.3 is 5.97 Å². The fourth-order valence-corrected chi connectivity index (χ4v) is 9.43. The van der Waals surface area contributed by atoms with Crippen LogP contribution in [0.15, 0.2) is 42.7 Å². The number of hydrogen-bond donors (Lipinski definition) is 3. The summed E-state index contributed by atoms with van der Waals surface area (Å²) in [6, 6.07) is 6.44. The number of rotatable bonds is 35. The molecule has 1 saturated heterocycles. The third kappa shape index (κ3) is 18.8. The summed E-state index contributed by atoms with van der Waals surface area (Å²) in [7, 11) is -4.23. The zero-order chi connectivity index (χ0) is 53.7. The molecule has 2 aliphatic rings. The molecule has 0 radical (unpaired) electrons. The average Bonchev–Trinajstić information content (AvgIpc) is 4.23. The molecule has 0 saturated carbocycles. The number of esters is 1. The number of ether oxygens (including phenoxy) is 9. The second kappa shape index (κ2) is 31.5. The summed E-state index contributed by atoms with van der Waals surface area (Å²) in [5.74, 6) is -5.31. The molecule has 5 aromatic rings. The first-order valence-electron chi connectivity index (χ1n) is 23.9. The van der Waals surface area contributed by atoms with Crippen molar-refractivity contribution in [3.63, 3.8) is 0 Å². The highest BCUT2D eigenvalue weighted by molar-refractivity contribution is 7.63. The third-order valence-corrected chi connectivity index (χ3v) is 13.9. The lowest BCUT2D eigenvalue weighted by atomic mass is 10.1. The smallest absolute Gasteiger partial charge is 0.313 e. The van der Waals surface area contributed by atoms with Gasteiger partial charge in [0.2, 0.25) is 11.0 Å². The van der Waals surface area contributed by atoms with Gasteiger partial charge in [-0.15, -0.1) is 5.10 Å². The first-order valence-corrected chi connectivity index (χ1v) is 27.5. The normalized spacial score (nSPS) is 16.1. The van der Waals surface area contributed by atoms with Crippen molar-refractivity contribution >= 4 is 68.5 Å². The number of hydrogen-bond acceptors (Lipinski definition) is 22. The van der Waals surface area contributed by atoms with Crippen LogP contribution in [-0.2, 0) is 71.7 Å². The molecular weight excluding hydrogens is 1100 g/mol. The van der Waals surface area contributed by atoms with E-state index in [1.165, 1.54) is 0 Å². The summed E-state index contributed by atoms with van der Waals surface area (Å²) in [4.78, 5) is 57.3.